The first-order valence-corrected chi connectivity index (χ1v) is 7.78. The minimum Gasteiger partial charge on any atom is -0.495 e. The summed E-state index contributed by atoms with van der Waals surface area (Å²) in [5.74, 6) is -0.755. The van der Waals surface area contributed by atoms with Crippen LogP contribution in [0.5, 0.6) is 5.75 Å². The van der Waals surface area contributed by atoms with Gasteiger partial charge in [0.15, 0.2) is 6.10 Å². The second-order valence-corrected chi connectivity index (χ2v) is 5.70. The van der Waals surface area contributed by atoms with E-state index >= 15 is 0 Å². The Morgan fingerprint density at radius 2 is 1.83 bits per heavy atom. The Morgan fingerprint density at radius 1 is 1.12 bits per heavy atom. The molecule has 1 amide bonds. The number of hydrogen-bond acceptors (Lipinski definition) is 4. The van der Waals surface area contributed by atoms with E-state index in [-0.39, 0.29) is 10.6 Å². The van der Waals surface area contributed by atoms with Gasteiger partial charge >= 0.3 is 5.97 Å². The lowest BCUT2D eigenvalue weighted by Gasteiger charge is -2.15. The van der Waals surface area contributed by atoms with Gasteiger partial charge in [-0.05, 0) is 37.3 Å². The second kappa shape index (κ2) is 8.04. The van der Waals surface area contributed by atoms with Gasteiger partial charge in [0.1, 0.15) is 5.75 Å². The first-order chi connectivity index (χ1) is 11.4. The van der Waals surface area contributed by atoms with Gasteiger partial charge in [-0.25, -0.2) is 4.79 Å². The highest BCUT2D eigenvalue weighted by Gasteiger charge is 2.21. The van der Waals surface area contributed by atoms with Crippen LogP contribution < -0.4 is 10.1 Å². The largest absolute Gasteiger partial charge is 0.495 e. The van der Waals surface area contributed by atoms with Crippen LogP contribution in [0.1, 0.15) is 17.3 Å². The number of nitrogens with one attached hydrogen (secondary N) is 1. The molecule has 5 nitrogen and oxygen atoms in total. The number of methoxy groups -OCH3 is 1. The summed E-state index contributed by atoms with van der Waals surface area (Å²) >= 11 is 11.8. The summed E-state index contributed by atoms with van der Waals surface area (Å²) in [5.41, 5.74) is 0.579. The molecule has 0 unspecified atom stereocenters. The quantitative estimate of drug-likeness (QED) is 0.804. The maximum atomic E-state index is 12.2. The molecule has 2 aromatic carbocycles. The van der Waals surface area contributed by atoms with Crippen LogP contribution in [-0.4, -0.2) is 25.1 Å². The Hall–Kier alpha value is -2.24. The van der Waals surface area contributed by atoms with Crippen LogP contribution in [0.15, 0.2) is 42.5 Å². The molecule has 0 aromatic heterocycles. The van der Waals surface area contributed by atoms with Crippen LogP contribution in [-0.2, 0) is 9.53 Å². The maximum absolute atomic E-state index is 12.2. The minimum absolute atomic E-state index is 0.194. The zero-order chi connectivity index (χ0) is 17.7. The molecule has 0 heterocycles. The first-order valence-electron chi connectivity index (χ1n) is 7.02. The summed E-state index contributed by atoms with van der Waals surface area (Å²) in [6.07, 6.45) is -1.03. The number of carbonyl (C=O) groups is 2. The fourth-order valence-electron chi connectivity index (χ4n) is 1.92. The van der Waals surface area contributed by atoms with Crippen molar-refractivity contribution in [2.45, 2.75) is 13.0 Å². The van der Waals surface area contributed by atoms with Crippen molar-refractivity contribution in [3.63, 3.8) is 0 Å². The Bertz CT molecular complexity index is 764. The third kappa shape index (κ3) is 4.40. The van der Waals surface area contributed by atoms with Gasteiger partial charge in [-0.2, -0.15) is 0 Å². The Kier molecular flexibility index (Phi) is 6.06. The predicted octanol–water partition coefficient (Wildman–Crippen LogP) is 4.19. The zero-order valence-electron chi connectivity index (χ0n) is 13.0. The minimum atomic E-state index is -1.03. The van der Waals surface area contributed by atoms with Gasteiger partial charge < -0.3 is 14.8 Å². The van der Waals surface area contributed by atoms with Crippen molar-refractivity contribution < 1.29 is 19.1 Å². The number of esters is 1. The molecule has 2 aromatic rings. The van der Waals surface area contributed by atoms with Crippen molar-refractivity contribution in [3.05, 3.63) is 58.1 Å². The molecule has 0 aliphatic carbocycles. The van der Waals surface area contributed by atoms with Crippen molar-refractivity contribution in [3.8, 4) is 5.75 Å². The van der Waals surface area contributed by atoms with Gasteiger partial charge in [-0.3, -0.25) is 4.79 Å². The van der Waals surface area contributed by atoms with E-state index in [1.807, 2.05) is 0 Å². The summed E-state index contributed by atoms with van der Waals surface area (Å²) in [4.78, 5) is 24.3. The SMILES string of the molecule is COc1ccc(Cl)cc1NC(=O)[C@@H](C)OC(=O)c1ccccc1Cl. The maximum Gasteiger partial charge on any atom is 0.340 e. The molecule has 1 atom stereocenters. The highest BCUT2D eigenvalue weighted by molar-refractivity contribution is 6.33. The fraction of sp³-hybridized carbons (Fsp3) is 0.176. The van der Waals surface area contributed by atoms with Crippen molar-refractivity contribution in [2.24, 2.45) is 0 Å². The molecule has 0 saturated carbocycles. The Balaban J connectivity index is 2.06. The van der Waals surface area contributed by atoms with Crippen molar-refractivity contribution in [1.82, 2.24) is 0 Å². The molecule has 24 heavy (non-hydrogen) atoms. The van der Waals surface area contributed by atoms with Crippen LogP contribution in [0.25, 0.3) is 0 Å². The Labute approximate surface area is 149 Å². The van der Waals surface area contributed by atoms with Gasteiger partial charge in [0.2, 0.25) is 0 Å². The molecule has 0 bridgehead atoms. The third-order valence-electron chi connectivity index (χ3n) is 3.17. The highest BCUT2D eigenvalue weighted by atomic mass is 35.5. The van der Waals surface area contributed by atoms with Crippen LogP contribution in [0.4, 0.5) is 5.69 Å². The molecule has 0 saturated heterocycles. The fourth-order valence-corrected chi connectivity index (χ4v) is 2.30. The van der Waals surface area contributed by atoms with Crippen LogP contribution in [0, 0.1) is 0 Å². The van der Waals surface area contributed by atoms with E-state index in [1.165, 1.54) is 20.1 Å². The average molecular weight is 368 g/mol. The van der Waals surface area contributed by atoms with Gasteiger partial charge in [0.25, 0.3) is 5.91 Å². The number of amides is 1. The summed E-state index contributed by atoms with van der Waals surface area (Å²) in [6.45, 7) is 1.46. The standard InChI is InChI=1S/C17H15Cl2NO4/c1-10(24-17(22)12-5-3-4-6-13(12)19)16(21)20-14-9-11(18)7-8-15(14)23-2/h3-10H,1-2H3,(H,20,21)/t10-/m1/s1. The smallest absolute Gasteiger partial charge is 0.340 e. The van der Waals surface area contributed by atoms with E-state index < -0.39 is 18.0 Å². The van der Waals surface area contributed by atoms with Crippen LogP contribution in [0.3, 0.4) is 0 Å². The number of hydrogen-bond donors (Lipinski definition) is 1. The number of anilines is 1. The molecular weight excluding hydrogens is 353 g/mol. The summed E-state index contributed by atoms with van der Waals surface area (Å²) in [6, 6.07) is 11.2. The summed E-state index contributed by atoms with van der Waals surface area (Å²) in [5, 5.41) is 3.31. The number of ether oxygens (including phenoxy) is 2. The topological polar surface area (TPSA) is 64.6 Å². The lowest BCUT2D eigenvalue weighted by molar-refractivity contribution is -0.123. The lowest BCUT2D eigenvalue weighted by Crippen LogP contribution is -2.30. The average Bonchev–Trinajstić information content (AvgIpc) is 2.55. The van der Waals surface area contributed by atoms with E-state index in [0.717, 1.165) is 0 Å². The van der Waals surface area contributed by atoms with Crippen molar-refractivity contribution in [2.75, 3.05) is 12.4 Å². The van der Waals surface area contributed by atoms with Gasteiger partial charge in [0.05, 0.1) is 23.4 Å². The summed E-state index contributed by atoms with van der Waals surface area (Å²) < 4.78 is 10.3. The number of rotatable bonds is 5. The van der Waals surface area contributed by atoms with Gasteiger partial charge in [-0.1, -0.05) is 35.3 Å². The monoisotopic (exact) mass is 367 g/mol. The number of carbonyl (C=O) groups excluding carboxylic acids is 2. The molecular formula is C17H15Cl2NO4. The molecule has 7 heteroatoms. The molecule has 2 rings (SSSR count). The molecule has 0 aliphatic heterocycles. The number of benzene rings is 2. The molecule has 1 N–H and O–H groups in total. The highest BCUT2D eigenvalue weighted by Crippen LogP contribution is 2.28. The zero-order valence-corrected chi connectivity index (χ0v) is 14.5. The van der Waals surface area contributed by atoms with E-state index in [0.29, 0.717) is 16.5 Å². The van der Waals surface area contributed by atoms with Gasteiger partial charge in [-0.15, -0.1) is 0 Å². The molecule has 0 radical (unpaired) electrons. The van der Waals surface area contributed by atoms with Crippen LogP contribution in [0.2, 0.25) is 10.0 Å². The lowest BCUT2D eigenvalue weighted by atomic mass is 10.2. The first kappa shape index (κ1) is 18.1. The second-order valence-electron chi connectivity index (χ2n) is 4.86. The van der Waals surface area contributed by atoms with E-state index in [1.54, 1.807) is 36.4 Å². The van der Waals surface area contributed by atoms with Crippen LogP contribution >= 0.6 is 23.2 Å². The molecule has 0 fully saturated rings. The van der Waals surface area contributed by atoms with E-state index in [4.69, 9.17) is 32.7 Å². The normalized spacial score (nSPS) is 11.5. The van der Waals surface area contributed by atoms with Gasteiger partial charge in [0, 0.05) is 5.02 Å². The van der Waals surface area contributed by atoms with E-state index in [2.05, 4.69) is 5.32 Å². The van der Waals surface area contributed by atoms with E-state index in [9.17, 15) is 9.59 Å². The van der Waals surface area contributed by atoms with Crippen molar-refractivity contribution >= 4 is 40.8 Å². The van der Waals surface area contributed by atoms with Crippen molar-refractivity contribution in [1.29, 1.82) is 0 Å². The molecule has 0 aliphatic rings. The summed E-state index contributed by atoms with van der Waals surface area (Å²) in [7, 11) is 1.47. The molecule has 0 spiro atoms. The number of halogens is 2. The Morgan fingerprint density at radius 3 is 2.50 bits per heavy atom. The molecule has 126 valence electrons. The predicted molar refractivity (Wildman–Crippen MR) is 93.0 cm³/mol. The third-order valence-corrected chi connectivity index (χ3v) is 3.73.